The highest BCUT2D eigenvalue weighted by molar-refractivity contribution is 6.31. The molecular weight excluding hydrogens is 490 g/mol. The third-order valence-corrected chi connectivity index (χ3v) is 9.16. The first-order valence-electron chi connectivity index (χ1n) is 13.7. The van der Waals surface area contributed by atoms with Crippen molar-refractivity contribution < 1.29 is 0 Å². The second-order valence-corrected chi connectivity index (χ2v) is 11.5. The number of aromatic nitrogens is 5. The van der Waals surface area contributed by atoms with Crippen LogP contribution in [0.1, 0.15) is 38.3 Å². The van der Waals surface area contributed by atoms with Gasteiger partial charge in [-0.3, -0.25) is 5.10 Å². The van der Waals surface area contributed by atoms with Crippen molar-refractivity contribution in [2.75, 3.05) is 0 Å². The number of nitrogens with zero attached hydrogens (tertiary/aromatic N) is 4. The highest BCUT2D eigenvalue weighted by Gasteiger charge is 2.41. The minimum absolute atomic E-state index is 0.570. The summed E-state index contributed by atoms with van der Waals surface area (Å²) in [7, 11) is 0. The summed E-state index contributed by atoms with van der Waals surface area (Å²) < 4.78 is 0. The van der Waals surface area contributed by atoms with Crippen LogP contribution in [0.4, 0.5) is 0 Å². The van der Waals surface area contributed by atoms with Crippen LogP contribution in [-0.4, -0.2) is 25.1 Å². The molecule has 0 radical (unpaired) electrons. The quantitative estimate of drug-likeness (QED) is 0.255. The van der Waals surface area contributed by atoms with Crippen molar-refractivity contribution >= 4 is 22.6 Å². The maximum Gasteiger partial charge on any atom is 0.181 e. The molecule has 6 heteroatoms. The molecule has 3 aliphatic rings. The molecule has 2 bridgehead atoms. The van der Waals surface area contributed by atoms with Crippen LogP contribution in [0.25, 0.3) is 44.9 Å². The van der Waals surface area contributed by atoms with Crippen molar-refractivity contribution in [3.05, 3.63) is 83.6 Å². The second kappa shape index (κ2) is 9.63. The number of aromatic amines is 1. The molecule has 0 spiro atoms. The van der Waals surface area contributed by atoms with Gasteiger partial charge in [-0.25, -0.2) is 15.0 Å². The first kappa shape index (κ1) is 23.5. The molecule has 0 amide bonds. The maximum atomic E-state index is 6.29. The zero-order valence-corrected chi connectivity index (χ0v) is 22.2. The summed E-state index contributed by atoms with van der Waals surface area (Å²) in [4.78, 5) is 14.5. The van der Waals surface area contributed by atoms with E-state index in [1.165, 1.54) is 36.8 Å². The van der Waals surface area contributed by atoms with Gasteiger partial charge in [0.25, 0.3) is 0 Å². The van der Waals surface area contributed by atoms with Crippen molar-refractivity contribution in [3.63, 3.8) is 0 Å². The van der Waals surface area contributed by atoms with Crippen molar-refractivity contribution in [2.45, 2.75) is 39.0 Å². The summed E-state index contributed by atoms with van der Waals surface area (Å²) in [6.45, 7) is 2.46. The highest BCUT2D eigenvalue weighted by atomic mass is 35.5. The molecule has 2 unspecified atom stereocenters. The van der Waals surface area contributed by atoms with Crippen molar-refractivity contribution in [2.24, 2.45) is 23.7 Å². The van der Waals surface area contributed by atoms with Gasteiger partial charge in [-0.1, -0.05) is 73.1 Å². The fourth-order valence-electron chi connectivity index (χ4n) is 6.84. The molecule has 2 atom stereocenters. The fourth-order valence-corrected chi connectivity index (χ4v) is 7.00. The van der Waals surface area contributed by atoms with Gasteiger partial charge in [0.05, 0.1) is 16.1 Å². The van der Waals surface area contributed by atoms with Gasteiger partial charge >= 0.3 is 0 Å². The van der Waals surface area contributed by atoms with Crippen molar-refractivity contribution in [1.82, 2.24) is 25.1 Å². The Morgan fingerprint density at radius 3 is 2.32 bits per heavy atom. The molecule has 8 rings (SSSR count). The minimum atomic E-state index is 0.570. The average molecular weight is 520 g/mol. The van der Waals surface area contributed by atoms with Gasteiger partial charge in [0.2, 0.25) is 0 Å². The number of hydrogen-bond donors (Lipinski definition) is 1. The molecule has 5 aromatic rings. The average Bonchev–Trinajstić information content (AvgIpc) is 3.39. The molecule has 1 N–H and O–H groups in total. The van der Waals surface area contributed by atoms with Gasteiger partial charge in [0.15, 0.2) is 11.5 Å². The number of hydrogen-bond acceptors (Lipinski definition) is 4. The van der Waals surface area contributed by atoms with E-state index >= 15 is 0 Å². The maximum absolute atomic E-state index is 6.29. The van der Waals surface area contributed by atoms with Gasteiger partial charge in [-0.2, -0.15) is 5.10 Å². The Labute approximate surface area is 227 Å². The lowest BCUT2D eigenvalue weighted by Gasteiger charge is -2.47. The molecular formula is C32H30ClN5. The molecule has 3 saturated carbocycles. The predicted molar refractivity (Wildman–Crippen MR) is 153 cm³/mol. The van der Waals surface area contributed by atoms with Gasteiger partial charge in [0, 0.05) is 17.5 Å². The first-order valence-corrected chi connectivity index (χ1v) is 14.0. The summed E-state index contributed by atoms with van der Waals surface area (Å²) in [5, 5.41) is 8.94. The number of H-pyrrole nitrogens is 1. The molecule has 0 aliphatic heterocycles. The molecule has 3 aliphatic carbocycles. The van der Waals surface area contributed by atoms with Crippen LogP contribution >= 0.6 is 11.6 Å². The largest absolute Gasteiger partial charge is 0.272 e. The number of rotatable bonds is 5. The zero-order valence-electron chi connectivity index (χ0n) is 21.4. The van der Waals surface area contributed by atoms with E-state index in [4.69, 9.17) is 21.6 Å². The normalized spacial score (nSPS) is 22.7. The standard InChI is InChI=1S/C32H30ClN5/c1-19-20-7-11-23(12-8-20)27(19)16-26-17-29(24-13-9-22(10-14-24)21-5-3-2-4-6-21)36-32(35-26)30-28-15-25(33)18-34-31(28)38-37-30/h2-6,9-10,13-15,17-20,23,27H,7-8,11-12,16H2,1H3,(H,34,37,38). The van der Waals surface area contributed by atoms with Crippen LogP contribution in [0.5, 0.6) is 0 Å². The van der Waals surface area contributed by atoms with E-state index < -0.39 is 0 Å². The van der Waals surface area contributed by atoms with Crippen LogP contribution in [0.15, 0.2) is 72.9 Å². The van der Waals surface area contributed by atoms with Crippen LogP contribution in [0.2, 0.25) is 5.02 Å². The van der Waals surface area contributed by atoms with E-state index in [2.05, 4.69) is 76.7 Å². The Balaban J connectivity index is 1.31. The Hall–Kier alpha value is -3.57. The number of halogens is 1. The van der Waals surface area contributed by atoms with Crippen LogP contribution in [-0.2, 0) is 6.42 Å². The lowest BCUT2D eigenvalue weighted by molar-refractivity contribution is 0.0339. The topological polar surface area (TPSA) is 67.3 Å². The molecule has 3 fully saturated rings. The van der Waals surface area contributed by atoms with E-state index in [1.54, 1.807) is 6.20 Å². The monoisotopic (exact) mass is 519 g/mol. The SMILES string of the molecule is CC1C2CCC(CC2)C1Cc1cc(-c2ccc(-c3ccccc3)cc2)nc(-c2[nH]nc3ncc(Cl)cc23)n1. The number of pyridine rings is 1. The Morgan fingerprint density at radius 1 is 0.842 bits per heavy atom. The van der Waals surface area contributed by atoms with E-state index in [1.807, 2.05) is 12.1 Å². The molecule has 5 nitrogen and oxygen atoms in total. The molecule has 190 valence electrons. The van der Waals surface area contributed by atoms with E-state index in [-0.39, 0.29) is 0 Å². The first-order chi connectivity index (χ1) is 18.6. The van der Waals surface area contributed by atoms with Gasteiger partial charge in [-0.05, 0) is 79.0 Å². The van der Waals surface area contributed by atoms with Gasteiger partial charge in [-0.15, -0.1) is 0 Å². The Kier molecular flexibility index (Phi) is 5.96. The molecule has 2 aromatic carbocycles. The third kappa shape index (κ3) is 4.29. The lowest BCUT2D eigenvalue weighted by Crippen LogP contribution is -2.39. The summed E-state index contributed by atoms with van der Waals surface area (Å²) in [5.41, 5.74) is 6.87. The molecule has 0 saturated heterocycles. The van der Waals surface area contributed by atoms with E-state index in [0.717, 1.165) is 52.2 Å². The van der Waals surface area contributed by atoms with Gasteiger partial charge in [0.1, 0.15) is 5.69 Å². The minimum Gasteiger partial charge on any atom is -0.272 e. The van der Waals surface area contributed by atoms with E-state index in [9.17, 15) is 0 Å². The number of benzene rings is 2. The zero-order chi connectivity index (χ0) is 25.6. The summed E-state index contributed by atoms with van der Waals surface area (Å²) >= 11 is 6.29. The van der Waals surface area contributed by atoms with Gasteiger partial charge < -0.3 is 0 Å². The van der Waals surface area contributed by atoms with Crippen LogP contribution in [0.3, 0.4) is 0 Å². The highest BCUT2D eigenvalue weighted by Crippen LogP contribution is 2.49. The number of nitrogens with one attached hydrogen (secondary N) is 1. The summed E-state index contributed by atoms with van der Waals surface area (Å²) in [6, 6.07) is 23.2. The summed E-state index contributed by atoms with van der Waals surface area (Å²) in [5.74, 6) is 3.72. The Bertz CT molecular complexity index is 1580. The van der Waals surface area contributed by atoms with Crippen LogP contribution < -0.4 is 0 Å². The number of fused-ring (bicyclic) bond motifs is 4. The molecule has 3 heterocycles. The lowest BCUT2D eigenvalue weighted by atomic mass is 9.58. The molecule has 3 aromatic heterocycles. The van der Waals surface area contributed by atoms with E-state index in [0.29, 0.717) is 22.4 Å². The second-order valence-electron chi connectivity index (χ2n) is 11.0. The smallest absolute Gasteiger partial charge is 0.181 e. The summed E-state index contributed by atoms with van der Waals surface area (Å²) in [6.07, 6.45) is 8.11. The van der Waals surface area contributed by atoms with Crippen LogP contribution in [0, 0.1) is 23.7 Å². The van der Waals surface area contributed by atoms with Crippen molar-refractivity contribution in [1.29, 1.82) is 0 Å². The third-order valence-electron chi connectivity index (χ3n) is 8.95. The molecule has 38 heavy (non-hydrogen) atoms. The fraction of sp³-hybridized carbons (Fsp3) is 0.312. The van der Waals surface area contributed by atoms with Crippen molar-refractivity contribution in [3.8, 4) is 33.9 Å². The Morgan fingerprint density at radius 2 is 1.55 bits per heavy atom. The predicted octanol–water partition coefficient (Wildman–Crippen LogP) is 8.02.